The zero-order valence-corrected chi connectivity index (χ0v) is 6.86. The molecule has 1 aliphatic rings. The Hall–Kier alpha value is -1.50. The summed E-state index contributed by atoms with van der Waals surface area (Å²) >= 11 is 0. The van der Waals surface area contributed by atoms with Crippen molar-refractivity contribution in [1.82, 2.24) is 4.90 Å². The topological polar surface area (TPSA) is 53.1 Å². The molecule has 4 heteroatoms. The third kappa shape index (κ3) is 1.99. The standard InChI is InChI=1S/C8H10N2O2/c1-2-3-4-12-8(11)10-6-7(10)5-9/h2-3,7H,4,6H2,1H3. The van der Waals surface area contributed by atoms with Crippen molar-refractivity contribution in [3.63, 3.8) is 0 Å². The number of rotatable bonds is 2. The zero-order chi connectivity index (χ0) is 8.97. The molecule has 0 aromatic rings. The first-order valence-electron chi connectivity index (χ1n) is 3.73. The molecule has 0 aromatic carbocycles. The van der Waals surface area contributed by atoms with E-state index in [1.807, 2.05) is 13.0 Å². The Labute approximate surface area is 71.0 Å². The molecule has 1 unspecified atom stereocenters. The van der Waals surface area contributed by atoms with Crippen molar-refractivity contribution in [1.29, 1.82) is 5.26 Å². The van der Waals surface area contributed by atoms with E-state index in [0.29, 0.717) is 6.54 Å². The van der Waals surface area contributed by atoms with Gasteiger partial charge in [0.2, 0.25) is 0 Å². The van der Waals surface area contributed by atoms with E-state index in [-0.39, 0.29) is 12.6 Å². The molecule has 0 aromatic heterocycles. The van der Waals surface area contributed by atoms with Gasteiger partial charge in [0.05, 0.1) is 12.6 Å². The van der Waals surface area contributed by atoms with Gasteiger partial charge in [-0.3, -0.25) is 4.90 Å². The average Bonchev–Trinajstić information content (AvgIpc) is 2.83. The molecule has 1 fully saturated rings. The number of ether oxygens (including phenoxy) is 1. The number of amides is 1. The summed E-state index contributed by atoms with van der Waals surface area (Å²) in [5.41, 5.74) is 0. The minimum atomic E-state index is -0.403. The van der Waals surface area contributed by atoms with Crippen LogP contribution < -0.4 is 0 Å². The van der Waals surface area contributed by atoms with Gasteiger partial charge in [-0.2, -0.15) is 5.26 Å². The van der Waals surface area contributed by atoms with E-state index in [9.17, 15) is 4.79 Å². The summed E-state index contributed by atoms with van der Waals surface area (Å²) < 4.78 is 4.79. The van der Waals surface area contributed by atoms with Gasteiger partial charge in [0.15, 0.2) is 0 Å². The molecule has 0 saturated carbocycles. The van der Waals surface area contributed by atoms with Gasteiger partial charge in [-0.1, -0.05) is 12.2 Å². The molecular weight excluding hydrogens is 156 g/mol. The second kappa shape index (κ2) is 3.77. The maximum atomic E-state index is 11.0. The molecule has 1 aliphatic heterocycles. The molecule has 0 aliphatic carbocycles. The molecule has 1 amide bonds. The molecule has 1 heterocycles. The highest BCUT2D eigenvalue weighted by Crippen LogP contribution is 2.16. The highest BCUT2D eigenvalue weighted by molar-refractivity contribution is 5.71. The number of hydrogen-bond acceptors (Lipinski definition) is 3. The summed E-state index contributed by atoms with van der Waals surface area (Å²) in [4.78, 5) is 12.3. The molecule has 1 rings (SSSR count). The molecular formula is C8H10N2O2. The Morgan fingerprint density at radius 3 is 3.17 bits per heavy atom. The quantitative estimate of drug-likeness (QED) is 0.452. The lowest BCUT2D eigenvalue weighted by molar-refractivity contribution is 0.141. The molecule has 1 atom stereocenters. The van der Waals surface area contributed by atoms with Crippen LogP contribution in [0.15, 0.2) is 12.2 Å². The van der Waals surface area contributed by atoms with E-state index in [4.69, 9.17) is 10.00 Å². The van der Waals surface area contributed by atoms with Crippen LogP contribution in [0.3, 0.4) is 0 Å². The van der Waals surface area contributed by atoms with Crippen LogP contribution in [-0.2, 0) is 4.74 Å². The number of carbonyl (C=O) groups excluding carboxylic acids is 1. The van der Waals surface area contributed by atoms with Gasteiger partial charge in [-0.15, -0.1) is 0 Å². The molecule has 12 heavy (non-hydrogen) atoms. The van der Waals surface area contributed by atoms with Crippen LogP contribution >= 0.6 is 0 Å². The van der Waals surface area contributed by atoms with Gasteiger partial charge in [0, 0.05) is 0 Å². The molecule has 0 radical (unpaired) electrons. The summed E-state index contributed by atoms with van der Waals surface area (Å²) in [7, 11) is 0. The Morgan fingerprint density at radius 1 is 1.92 bits per heavy atom. The fraction of sp³-hybridized carbons (Fsp3) is 0.500. The molecule has 1 saturated heterocycles. The van der Waals surface area contributed by atoms with E-state index >= 15 is 0 Å². The summed E-state index contributed by atoms with van der Waals surface area (Å²) in [6.07, 6.45) is 3.14. The van der Waals surface area contributed by atoms with Crippen molar-refractivity contribution in [3.05, 3.63) is 12.2 Å². The predicted molar refractivity (Wildman–Crippen MR) is 42.3 cm³/mol. The number of hydrogen-bond donors (Lipinski definition) is 0. The molecule has 0 bridgehead atoms. The van der Waals surface area contributed by atoms with Crippen LogP contribution in [0, 0.1) is 11.3 Å². The first-order valence-corrected chi connectivity index (χ1v) is 3.73. The lowest BCUT2D eigenvalue weighted by Crippen LogP contribution is -2.14. The first kappa shape index (κ1) is 8.60. The van der Waals surface area contributed by atoms with Crippen molar-refractivity contribution >= 4 is 6.09 Å². The lowest BCUT2D eigenvalue weighted by atomic mass is 10.5. The lowest BCUT2D eigenvalue weighted by Gasteiger charge is -2.00. The second-order valence-electron chi connectivity index (χ2n) is 2.44. The van der Waals surface area contributed by atoms with Crippen molar-refractivity contribution in [2.45, 2.75) is 13.0 Å². The molecule has 4 nitrogen and oxygen atoms in total. The Kier molecular flexibility index (Phi) is 2.70. The molecule has 0 spiro atoms. The van der Waals surface area contributed by atoms with E-state index in [2.05, 4.69) is 0 Å². The van der Waals surface area contributed by atoms with Crippen LogP contribution in [0.25, 0.3) is 0 Å². The average molecular weight is 166 g/mol. The predicted octanol–water partition coefficient (Wildman–Crippen LogP) is 0.907. The van der Waals surface area contributed by atoms with Crippen LogP contribution in [0.4, 0.5) is 4.79 Å². The zero-order valence-electron chi connectivity index (χ0n) is 6.86. The maximum absolute atomic E-state index is 11.0. The van der Waals surface area contributed by atoms with Gasteiger partial charge in [-0.25, -0.2) is 4.79 Å². The summed E-state index contributed by atoms with van der Waals surface area (Å²) in [6.45, 7) is 2.64. The molecule has 64 valence electrons. The highest BCUT2D eigenvalue weighted by Gasteiger charge is 2.39. The number of carbonyl (C=O) groups is 1. The smallest absolute Gasteiger partial charge is 0.411 e. The third-order valence-electron chi connectivity index (χ3n) is 1.53. The van der Waals surface area contributed by atoms with Crippen molar-refractivity contribution in [2.24, 2.45) is 0 Å². The van der Waals surface area contributed by atoms with Crippen LogP contribution in [0.1, 0.15) is 6.92 Å². The second-order valence-corrected chi connectivity index (χ2v) is 2.44. The highest BCUT2D eigenvalue weighted by atomic mass is 16.6. The first-order chi connectivity index (χ1) is 5.79. The largest absolute Gasteiger partial charge is 0.445 e. The third-order valence-corrected chi connectivity index (χ3v) is 1.53. The van der Waals surface area contributed by atoms with Crippen LogP contribution in [0.2, 0.25) is 0 Å². The van der Waals surface area contributed by atoms with Crippen LogP contribution in [-0.4, -0.2) is 30.2 Å². The van der Waals surface area contributed by atoms with Crippen LogP contribution in [0.5, 0.6) is 0 Å². The maximum Gasteiger partial charge on any atom is 0.411 e. The van der Waals surface area contributed by atoms with E-state index < -0.39 is 6.09 Å². The fourth-order valence-corrected chi connectivity index (χ4v) is 0.750. The van der Waals surface area contributed by atoms with Crippen molar-refractivity contribution in [3.8, 4) is 6.07 Å². The van der Waals surface area contributed by atoms with Crippen molar-refractivity contribution < 1.29 is 9.53 Å². The van der Waals surface area contributed by atoms with Gasteiger partial charge in [0.1, 0.15) is 12.6 Å². The van der Waals surface area contributed by atoms with Gasteiger partial charge >= 0.3 is 6.09 Å². The number of nitrogens with zero attached hydrogens (tertiary/aromatic N) is 2. The summed E-state index contributed by atoms with van der Waals surface area (Å²) in [5.74, 6) is 0. The Bertz CT molecular complexity index is 242. The van der Waals surface area contributed by atoms with E-state index in [0.717, 1.165) is 0 Å². The minimum Gasteiger partial charge on any atom is -0.445 e. The Morgan fingerprint density at radius 2 is 2.67 bits per heavy atom. The summed E-state index contributed by atoms with van der Waals surface area (Å²) in [6, 6.07) is 1.71. The fourth-order valence-electron chi connectivity index (χ4n) is 0.750. The van der Waals surface area contributed by atoms with Gasteiger partial charge in [-0.05, 0) is 6.92 Å². The van der Waals surface area contributed by atoms with E-state index in [1.165, 1.54) is 4.90 Å². The van der Waals surface area contributed by atoms with Gasteiger partial charge in [0.25, 0.3) is 0 Å². The number of nitriles is 1. The molecule has 0 N–H and O–H groups in total. The normalized spacial score (nSPS) is 20.7. The van der Waals surface area contributed by atoms with Gasteiger partial charge < -0.3 is 4.74 Å². The minimum absolute atomic E-state index is 0.261. The SMILES string of the molecule is CC=CCOC(=O)N1CC1C#N. The monoisotopic (exact) mass is 166 g/mol. The van der Waals surface area contributed by atoms with E-state index in [1.54, 1.807) is 12.2 Å². The van der Waals surface area contributed by atoms with Crippen molar-refractivity contribution in [2.75, 3.05) is 13.2 Å². The number of allylic oxidation sites excluding steroid dienone is 1. The summed E-state index contributed by atoms with van der Waals surface area (Å²) in [5, 5.41) is 8.38. The Balaban J connectivity index is 2.19.